The summed E-state index contributed by atoms with van der Waals surface area (Å²) in [5.74, 6) is -0.0405. The van der Waals surface area contributed by atoms with Gasteiger partial charge in [-0.2, -0.15) is 0 Å². The minimum Gasteiger partial charge on any atom is -0.367 e. The molecule has 6 heteroatoms. The molecule has 29 heavy (non-hydrogen) atoms. The number of nitrogens with one attached hydrogen (secondary N) is 1. The molecule has 2 aromatic rings. The van der Waals surface area contributed by atoms with E-state index in [-0.39, 0.29) is 23.5 Å². The van der Waals surface area contributed by atoms with E-state index >= 15 is 0 Å². The zero-order valence-electron chi connectivity index (χ0n) is 16.7. The summed E-state index contributed by atoms with van der Waals surface area (Å²) < 4.78 is 14.0. The van der Waals surface area contributed by atoms with Crippen LogP contribution in [0.4, 0.5) is 15.8 Å². The molecule has 2 aliphatic heterocycles. The number of carbonyl (C=O) groups excluding carboxylic acids is 2. The minimum atomic E-state index is -0.187. The van der Waals surface area contributed by atoms with Gasteiger partial charge in [0, 0.05) is 56.3 Å². The third-order valence-electron chi connectivity index (χ3n) is 5.93. The van der Waals surface area contributed by atoms with Crippen LogP contribution in [0.5, 0.6) is 0 Å². The first-order valence-corrected chi connectivity index (χ1v) is 10.2. The molecule has 1 N–H and O–H groups in total. The van der Waals surface area contributed by atoms with Crippen LogP contribution in [0.2, 0.25) is 0 Å². The van der Waals surface area contributed by atoms with E-state index in [1.807, 2.05) is 24.3 Å². The molecule has 152 valence electrons. The lowest BCUT2D eigenvalue weighted by molar-refractivity contribution is -0.116. The van der Waals surface area contributed by atoms with Crippen LogP contribution in [0, 0.1) is 5.82 Å². The van der Waals surface area contributed by atoms with Gasteiger partial charge in [-0.1, -0.05) is 12.1 Å². The predicted molar refractivity (Wildman–Crippen MR) is 112 cm³/mol. The highest BCUT2D eigenvalue weighted by molar-refractivity contribution is 5.99. The number of benzene rings is 2. The Morgan fingerprint density at radius 2 is 1.86 bits per heavy atom. The second kappa shape index (κ2) is 8.33. The first kappa shape index (κ1) is 19.6. The first-order chi connectivity index (χ1) is 14.0. The Labute approximate surface area is 170 Å². The van der Waals surface area contributed by atoms with Crippen LogP contribution in [-0.2, 0) is 11.2 Å². The number of hydrogen-bond acceptors (Lipinski definition) is 4. The van der Waals surface area contributed by atoms with E-state index in [9.17, 15) is 14.0 Å². The Bertz CT molecular complexity index is 922. The third kappa shape index (κ3) is 4.32. The molecule has 5 nitrogen and oxygen atoms in total. The van der Waals surface area contributed by atoms with E-state index < -0.39 is 0 Å². The highest BCUT2D eigenvalue weighted by atomic mass is 19.1. The summed E-state index contributed by atoms with van der Waals surface area (Å²) in [6.07, 6.45) is 1.59. The molecule has 0 aliphatic carbocycles. The number of rotatable bonds is 5. The molecule has 0 radical (unpaired) electrons. The maximum Gasteiger partial charge on any atom is 0.224 e. The van der Waals surface area contributed by atoms with Crippen molar-refractivity contribution in [1.29, 1.82) is 0 Å². The molecule has 2 heterocycles. The number of ketones is 1. The number of piperazine rings is 1. The first-order valence-electron chi connectivity index (χ1n) is 10.2. The Hall–Kier alpha value is -2.73. The van der Waals surface area contributed by atoms with Crippen LogP contribution in [0.15, 0.2) is 42.5 Å². The number of para-hydroxylation sites is 1. The van der Waals surface area contributed by atoms with Crippen LogP contribution in [0.1, 0.15) is 35.7 Å². The minimum absolute atomic E-state index is 0.0275. The summed E-state index contributed by atoms with van der Waals surface area (Å²) in [5.41, 5.74) is 3.20. The van der Waals surface area contributed by atoms with Gasteiger partial charge in [0.25, 0.3) is 0 Å². The van der Waals surface area contributed by atoms with Gasteiger partial charge in [0.05, 0.1) is 5.69 Å². The second-order valence-corrected chi connectivity index (χ2v) is 7.87. The summed E-state index contributed by atoms with van der Waals surface area (Å²) in [6.45, 7) is 5.18. The summed E-state index contributed by atoms with van der Waals surface area (Å²) in [6, 6.07) is 12.5. The van der Waals surface area contributed by atoms with Gasteiger partial charge in [0.2, 0.25) is 5.91 Å². The molecule has 2 aliphatic rings. The molecule has 0 saturated carbocycles. The molecular formula is C23H26FN3O2. The zero-order valence-corrected chi connectivity index (χ0v) is 16.7. The topological polar surface area (TPSA) is 52.7 Å². The van der Waals surface area contributed by atoms with Gasteiger partial charge in [0.1, 0.15) is 5.82 Å². The molecule has 0 bridgehead atoms. The van der Waals surface area contributed by atoms with Crippen molar-refractivity contribution in [3.8, 4) is 0 Å². The predicted octanol–water partition coefficient (Wildman–Crippen LogP) is 3.49. The lowest BCUT2D eigenvalue weighted by atomic mass is 9.96. The van der Waals surface area contributed by atoms with Gasteiger partial charge in [-0.15, -0.1) is 0 Å². The summed E-state index contributed by atoms with van der Waals surface area (Å²) >= 11 is 0. The number of nitrogens with zero attached hydrogens (tertiary/aromatic N) is 2. The van der Waals surface area contributed by atoms with Crippen LogP contribution < -0.4 is 10.2 Å². The lowest BCUT2D eigenvalue weighted by Gasteiger charge is -2.39. The number of fused-ring (bicyclic) bond motifs is 1. The van der Waals surface area contributed by atoms with E-state index in [2.05, 4.69) is 22.0 Å². The van der Waals surface area contributed by atoms with Gasteiger partial charge in [0.15, 0.2) is 5.78 Å². The number of halogens is 1. The van der Waals surface area contributed by atoms with Crippen molar-refractivity contribution in [1.82, 2.24) is 4.90 Å². The Morgan fingerprint density at radius 3 is 2.62 bits per heavy atom. The van der Waals surface area contributed by atoms with Crippen molar-refractivity contribution >= 4 is 23.1 Å². The normalized spacial score (nSPS) is 18.1. The van der Waals surface area contributed by atoms with E-state index in [1.54, 1.807) is 12.1 Å². The van der Waals surface area contributed by atoms with Crippen molar-refractivity contribution < 1.29 is 14.0 Å². The third-order valence-corrected chi connectivity index (χ3v) is 5.93. The molecule has 1 fully saturated rings. The Morgan fingerprint density at radius 1 is 1.10 bits per heavy atom. The molecule has 1 atom stereocenters. The fourth-order valence-electron chi connectivity index (χ4n) is 4.18. The van der Waals surface area contributed by atoms with Gasteiger partial charge in [-0.25, -0.2) is 4.39 Å². The van der Waals surface area contributed by atoms with E-state index in [4.69, 9.17) is 0 Å². The fourth-order valence-corrected chi connectivity index (χ4v) is 4.18. The Kier molecular flexibility index (Phi) is 5.62. The van der Waals surface area contributed by atoms with Crippen molar-refractivity contribution in [2.24, 2.45) is 0 Å². The Balaban J connectivity index is 1.34. The molecule has 4 rings (SSSR count). The van der Waals surface area contributed by atoms with Crippen molar-refractivity contribution in [3.63, 3.8) is 0 Å². The van der Waals surface area contributed by atoms with Gasteiger partial charge >= 0.3 is 0 Å². The van der Waals surface area contributed by atoms with Gasteiger partial charge < -0.3 is 10.2 Å². The standard InChI is InChI=1S/C23H26FN3O2/c1-16(26-10-12-27(13-11-26)21-5-3-2-4-19(21)24)14-22(28)18-6-8-20-17(15-18)7-9-23(29)25-20/h2-6,8,15-16H,7,9-14H2,1H3,(H,25,29). The molecule has 0 spiro atoms. The number of amides is 1. The molecule has 0 aromatic heterocycles. The van der Waals surface area contributed by atoms with Crippen molar-refractivity contribution in [2.45, 2.75) is 32.2 Å². The van der Waals surface area contributed by atoms with Crippen LogP contribution >= 0.6 is 0 Å². The van der Waals surface area contributed by atoms with E-state index in [0.29, 0.717) is 30.5 Å². The average Bonchev–Trinajstić information content (AvgIpc) is 2.73. The van der Waals surface area contributed by atoms with Crippen molar-refractivity contribution in [3.05, 3.63) is 59.4 Å². The number of carbonyl (C=O) groups is 2. The van der Waals surface area contributed by atoms with Crippen LogP contribution in [-0.4, -0.2) is 48.8 Å². The van der Waals surface area contributed by atoms with Crippen LogP contribution in [0.25, 0.3) is 0 Å². The monoisotopic (exact) mass is 395 g/mol. The maximum atomic E-state index is 14.0. The van der Waals surface area contributed by atoms with E-state index in [1.165, 1.54) is 6.07 Å². The highest BCUT2D eigenvalue weighted by Crippen LogP contribution is 2.25. The highest BCUT2D eigenvalue weighted by Gasteiger charge is 2.25. The SMILES string of the molecule is CC(CC(=O)c1ccc2c(c1)CCC(=O)N2)N1CCN(c2ccccc2F)CC1. The number of aryl methyl sites for hydroxylation is 1. The summed E-state index contributed by atoms with van der Waals surface area (Å²) in [5, 5.41) is 2.85. The fraction of sp³-hybridized carbons (Fsp3) is 0.391. The quantitative estimate of drug-likeness (QED) is 0.788. The smallest absolute Gasteiger partial charge is 0.224 e. The number of anilines is 2. The number of hydrogen-bond donors (Lipinski definition) is 1. The molecule has 2 aromatic carbocycles. The summed E-state index contributed by atoms with van der Waals surface area (Å²) in [4.78, 5) is 28.7. The molecule has 1 saturated heterocycles. The average molecular weight is 395 g/mol. The molecule has 1 amide bonds. The van der Waals surface area contributed by atoms with Gasteiger partial charge in [-0.05, 0) is 49.2 Å². The molecule has 1 unspecified atom stereocenters. The second-order valence-electron chi connectivity index (χ2n) is 7.87. The van der Waals surface area contributed by atoms with Crippen molar-refractivity contribution in [2.75, 3.05) is 36.4 Å². The summed E-state index contributed by atoms with van der Waals surface area (Å²) in [7, 11) is 0. The zero-order chi connectivity index (χ0) is 20.4. The van der Waals surface area contributed by atoms with Gasteiger partial charge in [-0.3, -0.25) is 14.5 Å². The number of Topliss-reactive ketones (excluding diaryl/α,β-unsaturated/α-hetero) is 1. The largest absolute Gasteiger partial charge is 0.367 e. The molecular weight excluding hydrogens is 369 g/mol. The van der Waals surface area contributed by atoms with Crippen LogP contribution in [0.3, 0.4) is 0 Å². The maximum absolute atomic E-state index is 14.0. The lowest BCUT2D eigenvalue weighted by Crippen LogP contribution is -2.50. The van der Waals surface area contributed by atoms with E-state index in [0.717, 1.165) is 37.4 Å².